The number of piperidine rings is 1. The van der Waals surface area contributed by atoms with Crippen molar-refractivity contribution in [1.82, 2.24) is 4.90 Å². The van der Waals surface area contributed by atoms with Crippen LogP contribution in [0.3, 0.4) is 0 Å². The van der Waals surface area contributed by atoms with Crippen LogP contribution in [0.25, 0.3) is 0 Å². The fourth-order valence-corrected chi connectivity index (χ4v) is 3.71. The zero-order valence-electron chi connectivity index (χ0n) is 13.1. The summed E-state index contributed by atoms with van der Waals surface area (Å²) in [6.07, 6.45) is 4.66. The van der Waals surface area contributed by atoms with Gasteiger partial charge in [0.15, 0.2) is 0 Å². The second kappa shape index (κ2) is 6.61. The second-order valence-electron chi connectivity index (χ2n) is 6.74. The Hall–Kier alpha value is -1.35. The number of carbonyl (C=O) groups excluding carboxylic acids is 1. The molecule has 2 fully saturated rings. The Labute approximate surface area is 127 Å². The standard InChI is InChI=1S/C18H26N2O/c1-15-6-8-16(9-7-15)13-19-10-4-5-17(14-19)18(21)20-11-2-3-12-20/h6-9,17H,2-5,10-14H2,1H3/p+1/t17-/m1/s1. The minimum Gasteiger partial charge on any atom is -0.342 e. The average molecular weight is 287 g/mol. The van der Waals surface area contributed by atoms with E-state index in [4.69, 9.17) is 0 Å². The molecule has 0 radical (unpaired) electrons. The number of hydrogen-bond donors (Lipinski definition) is 1. The molecule has 2 heterocycles. The Bertz CT molecular complexity index is 476. The minimum atomic E-state index is 0.261. The molecule has 0 saturated carbocycles. The first-order valence-corrected chi connectivity index (χ1v) is 8.40. The Kier molecular flexibility index (Phi) is 4.59. The van der Waals surface area contributed by atoms with Crippen molar-refractivity contribution < 1.29 is 9.69 Å². The lowest BCUT2D eigenvalue weighted by molar-refractivity contribution is -0.921. The number of rotatable bonds is 3. The lowest BCUT2D eigenvalue weighted by Crippen LogP contribution is -3.12. The van der Waals surface area contributed by atoms with Gasteiger partial charge in [-0.25, -0.2) is 0 Å². The molecule has 1 aromatic carbocycles. The van der Waals surface area contributed by atoms with Crippen LogP contribution in [-0.4, -0.2) is 37.0 Å². The Morgan fingerprint density at radius 1 is 1.19 bits per heavy atom. The molecule has 0 aliphatic carbocycles. The van der Waals surface area contributed by atoms with E-state index >= 15 is 0 Å². The minimum absolute atomic E-state index is 0.261. The maximum Gasteiger partial charge on any atom is 0.231 e. The van der Waals surface area contributed by atoms with Crippen LogP contribution in [0.15, 0.2) is 24.3 Å². The van der Waals surface area contributed by atoms with Crippen molar-refractivity contribution in [2.75, 3.05) is 26.2 Å². The highest BCUT2D eigenvalue weighted by Crippen LogP contribution is 2.16. The predicted octanol–water partition coefficient (Wildman–Crippen LogP) is 1.41. The SMILES string of the molecule is Cc1ccc(C[NH+]2CCC[C@@H](C(=O)N3CCCC3)C2)cc1. The van der Waals surface area contributed by atoms with Crippen molar-refractivity contribution in [2.45, 2.75) is 39.2 Å². The number of likely N-dealkylation sites (tertiary alicyclic amines) is 2. The van der Waals surface area contributed by atoms with Crippen LogP contribution in [0.2, 0.25) is 0 Å². The van der Waals surface area contributed by atoms with E-state index in [1.165, 1.54) is 36.9 Å². The number of nitrogens with one attached hydrogen (secondary N) is 1. The summed E-state index contributed by atoms with van der Waals surface area (Å²) < 4.78 is 0. The van der Waals surface area contributed by atoms with Gasteiger partial charge < -0.3 is 9.80 Å². The van der Waals surface area contributed by atoms with Crippen LogP contribution >= 0.6 is 0 Å². The van der Waals surface area contributed by atoms with Crippen LogP contribution in [0.1, 0.15) is 36.8 Å². The van der Waals surface area contributed by atoms with Gasteiger partial charge in [0.05, 0.1) is 19.0 Å². The van der Waals surface area contributed by atoms with Gasteiger partial charge in [-0.15, -0.1) is 0 Å². The third kappa shape index (κ3) is 3.65. The molecule has 3 heteroatoms. The number of amides is 1. The molecule has 0 bridgehead atoms. The summed E-state index contributed by atoms with van der Waals surface area (Å²) in [4.78, 5) is 16.2. The van der Waals surface area contributed by atoms with E-state index < -0.39 is 0 Å². The molecule has 2 atom stereocenters. The summed E-state index contributed by atoms with van der Waals surface area (Å²) in [6, 6.07) is 8.83. The van der Waals surface area contributed by atoms with Crippen molar-refractivity contribution in [3.05, 3.63) is 35.4 Å². The molecule has 114 valence electrons. The fourth-order valence-electron chi connectivity index (χ4n) is 3.71. The molecule has 2 aliphatic heterocycles. The van der Waals surface area contributed by atoms with Gasteiger partial charge in [0.2, 0.25) is 5.91 Å². The molecule has 2 aliphatic rings. The van der Waals surface area contributed by atoms with Crippen molar-refractivity contribution >= 4 is 5.91 Å². The summed E-state index contributed by atoms with van der Waals surface area (Å²) in [5.74, 6) is 0.686. The van der Waals surface area contributed by atoms with Gasteiger partial charge in [-0.3, -0.25) is 4.79 Å². The van der Waals surface area contributed by atoms with Crippen LogP contribution < -0.4 is 4.90 Å². The van der Waals surface area contributed by atoms with Gasteiger partial charge in [-0.2, -0.15) is 0 Å². The van der Waals surface area contributed by atoms with Crippen LogP contribution in [-0.2, 0) is 11.3 Å². The van der Waals surface area contributed by atoms with E-state index in [2.05, 4.69) is 36.1 Å². The Balaban J connectivity index is 1.57. The third-order valence-corrected chi connectivity index (χ3v) is 4.96. The van der Waals surface area contributed by atoms with E-state index in [1.807, 2.05) is 0 Å². The smallest absolute Gasteiger partial charge is 0.231 e. The largest absolute Gasteiger partial charge is 0.342 e. The van der Waals surface area contributed by atoms with Gasteiger partial charge in [0.25, 0.3) is 0 Å². The summed E-state index contributed by atoms with van der Waals surface area (Å²) >= 11 is 0. The molecular formula is C18H27N2O+. The number of nitrogens with zero attached hydrogens (tertiary/aromatic N) is 1. The van der Waals surface area contributed by atoms with Crippen molar-refractivity contribution in [3.63, 3.8) is 0 Å². The number of benzene rings is 1. The average Bonchev–Trinajstić information content (AvgIpc) is 3.03. The third-order valence-electron chi connectivity index (χ3n) is 4.96. The summed E-state index contributed by atoms with van der Waals surface area (Å²) in [7, 11) is 0. The van der Waals surface area contributed by atoms with E-state index in [1.54, 1.807) is 4.90 Å². The summed E-state index contributed by atoms with van der Waals surface area (Å²) in [6.45, 7) is 7.39. The highest BCUT2D eigenvalue weighted by molar-refractivity contribution is 5.79. The first-order valence-electron chi connectivity index (χ1n) is 8.40. The van der Waals surface area contributed by atoms with Gasteiger partial charge in [-0.05, 0) is 32.6 Å². The molecule has 1 aromatic rings. The predicted molar refractivity (Wildman–Crippen MR) is 84.1 cm³/mol. The Morgan fingerprint density at radius 2 is 1.90 bits per heavy atom. The molecule has 1 amide bonds. The first-order chi connectivity index (χ1) is 10.2. The van der Waals surface area contributed by atoms with Crippen LogP contribution in [0.5, 0.6) is 0 Å². The molecular weight excluding hydrogens is 260 g/mol. The first kappa shape index (κ1) is 14.6. The molecule has 0 spiro atoms. The number of aryl methyl sites for hydroxylation is 1. The maximum atomic E-state index is 12.6. The number of carbonyl (C=O) groups is 1. The van der Waals surface area contributed by atoms with E-state index in [9.17, 15) is 4.79 Å². The molecule has 1 N–H and O–H groups in total. The van der Waals surface area contributed by atoms with Crippen molar-refractivity contribution in [2.24, 2.45) is 5.92 Å². The molecule has 3 nitrogen and oxygen atoms in total. The highest BCUT2D eigenvalue weighted by Gasteiger charge is 2.32. The van der Waals surface area contributed by atoms with Crippen LogP contribution in [0, 0.1) is 12.8 Å². The zero-order chi connectivity index (χ0) is 14.7. The molecule has 2 saturated heterocycles. The highest BCUT2D eigenvalue weighted by atomic mass is 16.2. The lowest BCUT2D eigenvalue weighted by Gasteiger charge is -2.31. The van der Waals surface area contributed by atoms with Gasteiger partial charge in [0.1, 0.15) is 6.54 Å². The van der Waals surface area contributed by atoms with Gasteiger partial charge in [0, 0.05) is 18.7 Å². The summed E-state index contributed by atoms with van der Waals surface area (Å²) in [5.41, 5.74) is 2.71. The number of quaternary nitrogens is 1. The lowest BCUT2D eigenvalue weighted by atomic mass is 9.96. The summed E-state index contributed by atoms with van der Waals surface area (Å²) in [5, 5.41) is 0. The van der Waals surface area contributed by atoms with Crippen molar-refractivity contribution in [3.8, 4) is 0 Å². The number of hydrogen-bond acceptors (Lipinski definition) is 1. The quantitative estimate of drug-likeness (QED) is 0.893. The molecule has 3 rings (SSSR count). The van der Waals surface area contributed by atoms with E-state index in [-0.39, 0.29) is 5.92 Å². The van der Waals surface area contributed by atoms with Gasteiger partial charge >= 0.3 is 0 Å². The normalized spacial score (nSPS) is 26.0. The molecule has 0 aromatic heterocycles. The molecule has 1 unspecified atom stereocenters. The molecule has 21 heavy (non-hydrogen) atoms. The van der Waals surface area contributed by atoms with E-state index in [0.717, 1.165) is 32.6 Å². The zero-order valence-corrected chi connectivity index (χ0v) is 13.1. The second-order valence-corrected chi connectivity index (χ2v) is 6.74. The topological polar surface area (TPSA) is 24.8 Å². The fraction of sp³-hybridized carbons (Fsp3) is 0.611. The monoisotopic (exact) mass is 287 g/mol. The van der Waals surface area contributed by atoms with Crippen molar-refractivity contribution in [1.29, 1.82) is 0 Å². The van der Waals surface area contributed by atoms with Gasteiger partial charge in [-0.1, -0.05) is 29.8 Å². The van der Waals surface area contributed by atoms with Crippen LogP contribution in [0.4, 0.5) is 0 Å². The van der Waals surface area contributed by atoms with E-state index in [0.29, 0.717) is 5.91 Å². The Morgan fingerprint density at radius 3 is 2.62 bits per heavy atom. The maximum absolute atomic E-state index is 12.6.